The van der Waals surface area contributed by atoms with Crippen molar-refractivity contribution in [1.29, 1.82) is 0 Å². The topological polar surface area (TPSA) is 83.1 Å². The number of pyridine rings is 1. The molecule has 1 aromatic carbocycles. The zero-order valence-electron chi connectivity index (χ0n) is 22.9. The maximum atomic E-state index is 12.9. The van der Waals surface area contributed by atoms with Gasteiger partial charge in [0.2, 0.25) is 5.91 Å². The molecule has 0 bridgehead atoms. The summed E-state index contributed by atoms with van der Waals surface area (Å²) in [5.41, 5.74) is 7.05. The fraction of sp³-hybridized carbons (Fsp3) is 0.531. The second-order valence-electron chi connectivity index (χ2n) is 12.2. The summed E-state index contributed by atoms with van der Waals surface area (Å²) < 4.78 is 5.44. The largest absolute Gasteiger partial charge is 0.378 e. The summed E-state index contributed by atoms with van der Waals surface area (Å²) in [5.74, 6) is 3.05. The summed E-state index contributed by atoms with van der Waals surface area (Å²) in [7, 11) is 0. The molecular formula is C32H39N5O2. The molecule has 1 amide bonds. The summed E-state index contributed by atoms with van der Waals surface area (Å²) in [4.78, 5) is 19.7. The normalized spacial score (nSPS) is 29.2. The molecule has 2 fully saturated rings. The summed E-state index contributed by atoms with van der Waals surface area (Å²) in [6.07, 6.45) is 11.3. The Hall–Kier alpha value is -3.19. The fourth-order valence-electron chi connectivity index (χ4n) is 8.51. The lowest BCUT2D eigenvalue weighted by Crippen LogP contribution is -2.44. The van der Waals surface area contributed by atoms with Gasteiger partial charge in [0.05, 0.1) is 30.8 Å². The number of fused-ring (bicyclic) bond motifs is 7. The number of H-pyrrole nitrogens is 1. The average Bonchev–Trinajstić information content (AvgIpc) is 3.55. The highest BCUT2D eigenvalue weighted by molar-refractivity contribution is 5.89. The SMILES string of the molecule is C[C@]12CCC3c4ccccc4CCC3C1[C@H](CCCC(=O)Nc1ccc(N3CCOCC3)cn1)c1c[nH]nc12. The van der Waals surface area contributed by atoms with Crippen LogP contribution in [0.25, 0.3) is 0 Å². The van der Waals surface area contributed by atoms with Gasteiger partial charge in [-0.3, -0.25) is 9.89 Å². The van der Waals surface area contributed by atoms with E-state index in [1.165, 1.54) is 36.9 Å². The lowest BCUT2D eigenvalue weighted by molar-refractivity contribution is -0.116. The molecule has 5 atom stereocenters. The van der Waals surface area contributed by atoms with Gasteiger partial charge in [0, 0.05) is 31.1 Å². The summed E-state index contributed by atoms with van der Waals surface area (Å²) >= 11 is 0. The van der Waals surface area contributed by atoms with E-state index in [1.807, 2.05) is 18.3 Å². The third-order valence-electron chi connectivity index (χ3n) is 10.2. The van der Waals surface area contributed by atoms with E-state index in [9.17, 15) is 4.79 Å². The molecule has 3 aliphatic carbocycles. The number of anilines is 2. The molecule has 39 heavy (non-hydrogen) atoms. The summed E-state index contributed by atoms with van der Waals surface area (Å²) in [5, 5.41) is 11.0. The Balaban J connectivity index is 1.02. The second kappa shape index (κ2) is 10.1. The first kappa shape index (κ1) is 24.8. The Bertz CT molecular complexity index is 1330. The maximum absolute atomic E-state index is 12.9. The number of amides is 1. The fourth-order valence-corrected chi connectivity index (χ4v) is 8.51. The monoisotopic (exact) mass is 525 g/mol. The molecule has 0 radical (unpaired) electrons. The smallest absolute Gasteiger partial charge is 0.225 e. The number of aromatic nitrogens is 3. The van der Waals surface area contributed by atoms with Crippen LogP contribution in [0, 0.1) is 11.8 Å². The average molecular weight is 526 g/mol. The number of hydrogen-bond donors (Lipinski definition) is 2. The van der Waals surface area contributed by atoms with E-state index in [1.54, 1.807) is 11.1 Å². The molecule has 1 saturated heterocycles. The van der Waals surface area contributed by atoms with Crippen LogP contribution in [-0.4, -0.2) is 47.4 Å². The number of benzene rings is 1. The molecule has 3 unspecified atom stereocenters. The van der Waals surface area contributed by atoms with Gasteiger partial charge >= 0.3 is 0 Å². The van der Waals surface area contributed by atoms with E-state index in [0.29, 0.717) is 35.9 Å². The zero-order chi connectivity index (χ0) is 26.4. The zero-order valence-corrected chi connectivity index (χ0v) is 22.9. The van der Waals surface area contributed by atoms with Gasteiger partial charge in [-0.2, -0.15) is 5.10 Å². The highest BCUT2D eigenvalue weighted by Crippen LogP contribution is 2.64. The highest BCUT2D eigenvalue weighted by atomic mass is 16.5. The van der Waals surface area contributed by atoms with E-state index in [2.05, 4.69) is 57.7 Å². The van der Waals surface area contributed by atoms with Crippen molar-refractivity contribution in [3.05, 3.63) is 71.2 Å². The molecule has 3 heterocycles. The minimum atomic E-state index is 0.0444. The van der Waals surface area contributed by atoms with Crippen LogP contribution in [-0.2, 0) is 21.4 Å². The Kier molecular flexibility index (Phi) is 6.42. The van der Waals surface area contributed by atoms with E-state index in [-0.39, 0.29) is 11.3 Å². The van der Waals surface area contributed by atoms with Crippen LogP contribution in [0.5, 0.6) is 0 Å². The molecule has 3 aromatic rings. The van der Waals surface area contributed by atoms with Crippen LogP contribution < -0.4 is 10.2 Å². The predicted octanol–water partition coefficient (Wildman–Crippen LogP) is 5.56. The van der Waals surface area contributed by atoms with Crippen LogP contribution in [0.15, 0.2) is 48.8 Å². The molecule has 1 saturated carbocycles. The number of carbonyl (C=O) groups is 1. The maximum Gasteiger partial charge on any atom is 0.225 e. The molecule has 0 spiro atoms. The standard InChI is InChI=1S/C32H39N5O2/c1-32-14-13-24-23-6-3-2-5-21(23)9-11-26(24)30(32)25(27-20-34-36-31(27)32)7-4-8-29(38)35-28-12-10-22(19-33-28)37-15-17-39-18-16-37/h2-3,5-6,10,12,19-20,24-26,30H,4,7-9,11,13-18H2,1H3,(H,34,36)(H,33,35,38)/t24?,25-,26?,30?,32+/m1/s1. The van der Waals surface area contributed by atoms with Crippen LogP contribution in [0.3, 0.4) is 0 Å². The van der Waals surface area contributed by atoms with E-state index < -0.39 is 0 Å². The molecule has 2 aromatic heterocycles. The van der Waals surface area contributed by atoms with Gasteiger partial charge < -0.3 is 15.0 Å². The van der Waals surface area contributed by atoms with Crippen LogP contribution in [0.2, 0.25) is 0 Å². The van der Waals surface area contributed by atoms with Gasteiger partial charge in [0.25, 0.3) is 0 Å². The van der Waals surface area contributed by atoms with Crippen molar-refractivity contribution in [3.63, 3.8) is 0 Å². The number of aromatic amines is 1. The molecular weight excluding hydrogens is 486 g/mol. The van der Waals surface area contributed by atoms with Crippen LogP contribution >= 0.6 is 0 Å². The van der Waals surface area contributed by atoms with E-state index in [0.717, 1.165) is 44.8 Å². The summed E-state index contributed by atoms with van der Waals surface area (Å²) in [6.45, 7) is 5.71. The number of rotatable bonds is 6. The van der Waals surface area contributed by atoms with Gasteiger partial charge in [-0.1, -0.05) is 31.2 Å². The lowest BCUT2D eigenvalue weighted by atomic mass is 9.53. The van der Waals surface area contributed by atoms with Crippen molar-refractivity contribution in [1.82, 2.24) is 15.2 Å². The Labute approximate surface area is 230 Å². The molecule has 7 nitrogen and oxygen atoms in total. The first-order valence-corrected chi connectivity index (χ1v) is 14.8. The number of nitrogens with zero attached hydrogens (tertiary/aromatic N) is 3. The second-order valence-corrected chi connectivity index (χ2v) is 12.2. The summed E-state index contributed by atoms with van der Waals surface area (Å²) in [6, 6.07) is 13.1. The van der Waals surface area contributed by atoms with Crippen molar-refractivity contribution in [2.75, 3.05) is 36.5 Å². The molecule has 4 aliphatic rings. The first-order valence-electron chi connectivity index (χ1n) is 14.8. The van der Waals surface area contributed by atoms with Gasteiger partial charge in [0.15, 0.2) is 0 Å². The van der Waals surface area contributed by atoms with Gasteiger partial charge in [-0.05, 0) is 91.0 Å². The Morgan fingerprint density at radius 3 is 2.87 bits per heavy atom. The van der Waals surface area contributed by atoms with Crippen molar-refractivity contribution in [2.45, 2.75) is 69.1 Å². The number of aryl methyl sites for hydroxylation is 1. The van der Waals surface area contributed by atoms with E-state index >= 15 is 0 Å². The third kappa shape index (κ3) is 4.35. The van der Waals surface area contributed by atoms with Crippen LogP contribution in [0.4, 0.5) is 11.5 Å². The lowest BCUT2D eigenvalue weighted by Gasteiger charge is -2.50. The molecule has 1 aliphatic heterocycles. The Morgan fingerprint density at radius 2 is 2.03 bits per heavy atom. The number of nitrogens with one attached hydrogen (secondary N) is 2. The van der Waals surface area contributed by atoms with Crippen molar-refractivity contribution in [2.24, 2.45) is 11.8 Å². The Morgan fingerprint density at radius 1 is 1.15 bits per heavy atom. The van der Waals surface area contributed by atoms with Crippen LogP contribution in [0.1, 0.15) is 79.7 Å². The van der Waals surface area contributed by atoms with Crippen molar-refractivity contribution < 1.29 is 9.53 Å². The minimum Gasteiger partial charge on any atom is -0.378 e. The number of ether oxygens (including phenoxy) is 1. The van der Waals surface area contributed by atoms with E-state index in [4.69, 9.17) is 9.84 Å². The van der Waals surface area contributed by atoms with Crippen molar-refractivity contribution >= 4 is 17.4 Å². The number of carbonyl (C=O) groups excluding carboxylic acids is 1. The molecule has 7 heteroatoms. The molecule has 7 rings (SSSR count). The first-order chi connectivity index (χ1) is 19.1. The third-order valence-corrected chi connectivity index (χ3v) is 10.2. The van der Waals surface area contributed by atoms with Gasteiger partial charge in [0.1, 0.15) is 5.82 Å². The predicted molar refractivity (Wildman–Crippen MR) is 152 cm³/mol. The van der Waals surface area contributed by atoms with Crippen molar-refractivity contribution in [3.8, 4) is 0 Å². The highest BCUT2D eigenvalue weighted by Gasteiger charge is 2.57. The molecule has 2 N–H and O–H groups in total. The minimum absolute atomic E-state index is 0.0444. The van der Waals surface area contributed by atoms with Gasteiger partial charge in [-0.15, -0.1) is 0 Å². The number of morpholine rings is 1. The number of hydrogen-bond acceptors (Lipinski definition) is 5. The van der Waals surface area contributed by atoms with Gasteiger partial charge in [-0.25, -0.2) is 4.98 Å². The quantitative estimate of drug-likeness (QED) is 0.440. The molecule has 204 valence electrons.